The van der Waals surface area contributed by atoms with Gasteiger partial charge < -0.3 is 4.57 Å². The van der Waals surface area contributed by atoms with Crippen molar-refractivity contribution in [2.45, 2.75) is 51.5 Å². The lowest BCUT2D eigenvalue weighted by atomic mass is 9.99. The molecule has 0 aliphatic carbocycles. The first-order chi connectivity index (χ1) is 9.05. The molecule has 3 heterocycles. The predicted octanol–water partition coefficient (Wildman–Crippen LogP) is 2.15. The summed E-state index contributed by atoms with van der Waals surface area (Å²) in [6, 6.07) is 0.515. The van der Waals surface area contributed by atoms with Crippen LogP contribution in [0.2, 0.25) is 0 Å². The largest absolute Gasteiger partial charge is 0.329 e. The van der Waals surface area contributed by atoms with Crippen LogP contribution in [0.1, 0.15) is 50.2 Å². The zero-order valence-electron chi connectivity index (χ0n) is 11.5. The van der Waals surface area contributed by atoms with Crippen molar-refractivity contribution in [1.82, 2.24) is 9.55 Å². The van der Waals surface area contributed by atoms with Gasteiger partial charge in [-0.2, -0.15) is 0 Å². The summed E-state index contributed by atoms with van der Waals surface area (Å²) >= 11 is 0. The van der Waals surface area contributed by atoms with E-state index in [1.165, 1.54) is 18.5 Å². The van der Waals surface area contributed by atoms with Gasteiger partial charge in [0, 0.05) is 24.4 Å². The second kappa shape index (κ2) is 4.93. The van der Waals surface area contributed by atoms with Crippen LogP contribution in [0.5, 0.6) is 0 Å². The fourth-order valence-electron chi connectivity index (χ4n) is 3.56. The predicted molar refractivity (Wildman–Crippen MR) is 75.0 cm³/mol. The van der Waals surface area contributed by atoms with Crippen LogP contribution < -0.4 is 0 Å². The van der Waals surface area contributed by atoms with Crippen LogP contribution in [0.3, 0.4) is 0 Å². The number of aromatic nitrogens is 2. The van der Waals surface area contributed by atoms with Gasteiger partial charge in [0.25, 0.3) is 0 Å². The highest BCUT2D eigenvalue weighted by Crippen LogP contribution is 2.29. The van der Waals surface area contributed by atoms with Crippen molar-refractivity contribution >= 4 is 9.84 Å². The number of nitrogens with zero attached hydrogens (tertiary/aromatic N) is 2. The van der Waals surface area contributed by atoms with Gasteiger partial charge in [-0.05, 0) is 44.9 Å². The summed E-state index contributed by atoms with van der Waals surface area (Å²) in [4.78, 5) is 4.56. The van der Waals surface area contributed by atoms with Crippen molar-refractivity contribution in [1.29, 1.82) is 0 Å². The molecule has 2 aliphatic rings. The van der Waals surface area contributed by atoms with E-state index in [9.17, 15) is 8.42 Å². The third-order valence-corrected chi connectivity index (χ3v) is 6.36. The van der Waals surface area contributed by atoms with Crippen molar-refractivity contribution < 1.29 is 8.42 Å². The zero-order valence-corrected chi connectivity index (χ0v) is 12.3. The summed E-state index contributed by atoms with van der Waals surface area (Å²) in [6.45, 7) is 2.24. The van der Waals surface area contributed by atoms with E-state index in [2.05, 4.69) is 16.5 Å². The topological polar surface area (TPSA) is 52.0 Å². The van der Waals surface area contributed by atoms with E-state index in [1.807, 2.05) is 6.20 Å². The molecule has 1 saturated heterocycles. The summed E-state index contributed by atoms with van der Waals surface area (Å²) in [5.41, 5.74) is 1.33. The Bertz CT molecular complexity index is 562. The van der Waals surface area contributed by atoms with Gasteiger partial charge in [-0.25, -0.2) is 13.4 Å². The Hall–Kier alpha value is -0.840. The molecule has 0 saturated carbocycles. The van der Waals surface area contributed by atoms with Crippen LogP contribution >= 0.6 is 0 Å². The molecule has 0 spiro atoms. The molecule has 1 fully saturated rings. The average molecular weight is 282 g/mol. The number of hydrogen-bond acceptors (Lipinski definition) is 3. The molecule has 0 bridgehead atoms. The van der Waals surface area contributed by atoms with E-state index in [4.69, 9.17) is 0 Å². The maximum absolute atomic E-state index is 11.7. The normalized spacial score (nSPS) is 29.9. The number of sulfone groups is 1. The van der Waals surface area contributed by atoms with Crippen LogP contribution in [0.15, 0.2) is 6.20 Å². The van der Waals surface area contributed by atoms with Gasteiger partial charge in [0.2, 0.25) is 0 Å². The third kappa shape index (κ3) is 2.71. The van der Waals surface area contributed by atoms with Crippen LogP contribution in [0.4, 0.5) is 0 Å². The molecule has 1 aromatic heterocycles. The Labute approximate surface area is 115 Å². The second-order valence-corrected chi connectivity index (χ2v) is 8.33. The summed E-state index contributed by atoms with van der Waals surface area (Å²) < 4.78 is 25.8. The minimum atomic E-state index is -2.81. The number of fused-ring (bicyclic) bond motifs is 1. The first-order valence-electron chi connectivity index (χ1n) is 7.30. The number of hydrogen-bond donors (Lipinski definition) is 0. The van der Waals surface area contributed by atoms with E-state index in [0.717, 1.165) is 31.5 Å². The summed E-state index contributed by atoms with van der Waals surface area (Å²) in [6.07, 6.45) is 8.21. The molecule has 4 nitrogen and oxygen atoms in total. The van der Waals surface area contributed by atoms with Gasteiger partial charge in [-0.3, -0.25) is 0 Å². The van der Waals surface area contributed by atoms with E-state index in [0.29, 0.717) is 17.5 Å². The van der Waals surface area contributed by atoms with Crippen LogP contribution in [0, 0.1) is 5.92 Å². The molecule has 19 heavy (non-hydrogen) atoms. The molecular formula is C14H22N2O2S. The molecule has 0 radical (unpaired) electrons. The standard InChI is InChI=1S/C14H22N2O2S/c1-11-4-2-6-13-9-15-14(16(11)13)8-12-5-3-7-19(17,18)10-12/h9,11-12H,2-8,10H2,1H3. The Morgan fingerprint density at radius 1 is 1.37 bits per heavy atom. The summed E-state index contributed by atoms with van der Waals surface area (Å²) in [5, 5.41) is 0. The van der Waals surface area contributed by atoms with Crippen molar-refractivity contribution in [3.8, 4) is 0 Å². The molecule has 2 aliphatic heterocycles. The highest BCUT2D eigenvalue weighted by atomic mass is 32.2. The molecular weight excluding hydrogens is 260 g/mol. The lowest BCUT2D eigenvalue weighted by Crippen LogP contribution is -2.28. The van der Waals surface area contributed by atoms with Crippen molar-refractivity contribution in [3.63, 3.8) is 0 Å². The van der Waals surface area contributed by atoms with Crippen LogP contribution in [-0.4, -0.2) is 29.5 Å². The number of imidazole rings is 1. The molecule has 5 heteroatoms. The molecule has 2 unspecified atom stereocenters. The SMILES string of the molecule is CC1CCCc2cnc(CC3CCCS(=O)(=O)C3)n21. The molecule has 3 rings (SSSR count). The molecule has 0 amide bonds. The Morgan fingerprint density at radius 2 is 2.21 bits per heavy atom. The van der Waals surface area contributed by atoms with Gasteiger partial charge in [0.05, 0.1) is 11.5 Å². The first-order valence-corrected chi connectivity index (χ1v) is 9.13. The highest BCUT2D eigenvalue weighted by molar-refractivity contribution is 7.91. The molecule has 2 atom stereocenters. The highest BCUT2D eigenvalue weighted by Gasteiger charge is 2.27. The Morgan fingerprint density at radius 3 is 3.00 bits per heavy atom. The summed E-state index contributed by atoms with van der Waals surface area (Å²) in [7, 11) is -2.81. The van der Waals surface area contributed by atoms with Gasteiger partial charge >= 0.3 is 0 Å². The monoisotopic (exact) mass is 282 g/mol. The average Bonchev–Trinajstić information content (AvgIpc) is 2.72. The smallest absolute Gasteiger partial charge is 0.150 e. The Kier molecular flexibility index (Phi) is 3.41. The molecule has 1 aromatic rings. The van der Waals surface area contributed by atoms with Crippen molar-refractivity contribution in [3.05, 3.63) is 17.7 Å². The second-order valence-electron chi connectivity index (χ2n) is 6.10. The van der Waals surface area contributed by atoms with Crippen LogP contribution in [0.25, 0.3) is 0 Å². The zero-order chi connectivity index (χ0) is 13.5. The van der Waals surface area contributed by atoms with Gasteiger partial charge in [-0.15, -0.1) is 0 Å². The summed E-state index contributed by atoms with van der Waals surface area (Å²) in [5.74, 6) is 2.09. The van der Waals surface area contributed by atoms with Crippen LogP contribution in [-0.2, 0) is 22.7 Å². The molecule has 0 N–H and O–H groups in total. The number of rotatable bonds is 2. The van der Waals surface area contributed by atoms with Gasteiger partial charge in [0.15, 0.2) is 9.84 Å². The minimum Gasteiger partial charge on any atom is -0.329 e. The van der Waals surface area contributed by atoms with Crippen molar-refractivity contribution in [2.24, 2.45) is 5.92 Å². The fourth-order valence-corrected chi connectivity index (χ4v) is 5.33. The van der Waals surface area contributed by atoms with Gasteiger partial charge in [-0.1, -0.05) is 0 Å². The van der Waals surface area contributed by atoms with E-state index in [1.54, 1.807) is 0 Å². The van der Waals surface area contributed by atoms with E-state index >= 15 is 0 Å². The molecule has 106 valence electrons. The Balaban J connectivity index is 1.79. The maximum atomic E-state index is 11.7. The maximum Gasteiger partial charge on any atom is 0.150 e. The first kappa shape index (κ1) is 13.2. The minimum absolute atomic E-state index is 0.263. The molecule has 0 aromatic carbocycles. The van der Waals surface area contributed by atoms with E-state index in [-0.39, 0.29) is 5.92 Å². The quantitative estimate of drug-likeness (QED) is 0.835. The third-order valence-electron chi connectivity index (χ3n) is 4.47. The lowest BCUT2D eigenvalue weighted by molar-refractivity contribution is 0.399. The van der Waals surface area contributed by atoms with Gasteiger partial charge in [0.1, 0.15) is 5.82 Å². The van der Waals surface area contributed by atoms with Crippen molar-refractivity contribution in [2.75, 3.05) is 11.5 Å². The van der Waals surface area contributed by atoms with E-state index < -0.39 is 9.84 Å². The fraction of sp³-hybridized carbons (Fsp3) is 0.786. The lowest BCUT2D eigenvalue weighted by Gasteiger charge is -2.26. The number of aryl methyl sites for hydroxylation is 1.